The van der Waals surface area contributed by atoms with Gasteiger partial charge in [0.15, 0.2) is 5.82 Å². The fourth-order valence-corrected chi connectivity index (χ4v) is 1.53. The monoisotopic (exact) mass is 228 g/mol. The van der Waals surface area contributed by atoms with Crippen molar-refractivity contribution in [2.45, 2.75) is 0 Å². The first-order chi connectivity index (χ1) is 8.24. The summed E-state index contributed by atoms with van der Waals surface area (Å²) in [6.07, 6.45) is 3.30. The zero-order valence-electron chi connectivity index (χ0n) is 8.66. The number of rotatable bonds is 1. The minimum Gasteiger partial charge on any atom is -0.383 e. The van der Waals surface area contributed by atoms with Crippen LogP contribution in [0.4, 0.5) is 5.82 Å². The van der Waals surface area contributed by atoms with Gasteiger partial charge in [0.2, 0.25) is 5.78 Å². The Labute approximate surface area is 95.0 Å². The summed E-state index contributed by atoms with van der Waals surface area (Å²) < 4.78 is 1.38. The van der Waals surface area contributed by atoms with E-state index in [1.165, 1.54) is 10.6 Å². The minimum absolute atomic E-state index is 0.242. The normalized spacial score (nSPS) is 10.8. The van der Waals surface area contributed by atoms with Gasteiger partial charge in [0, 0.05) is 24.0 Å². The molecule has 7 nitrogen and oxygen atoms in total. The van der Waals surface area contributed by atoms with Crippen molar-refractivity contribution in [1.82, 2.24) is 24.6 Å². The van der Waals surface area contributed by atoms with Crippen LogP contribution in [0.3, 0.4) is 0 Å². The number of H-pyrrole nitrogens is 1. The molecule has 0 amide bonds. The lowest BCUT2D eigenvalue weighted by Crippen LogP contribution is -2.11. The highest BCUT2D eigenvalue weighted by molar-refractivity contribution is 5.56. The Morgan fingerprint density at radius 3 is 3.06 bits per heavy atom. The van der Waals surface area contributed by atoms with E-state index in [0.717, 1.165) is 5.56 Å². The van der Waals surface area contributed by atoms with Gasteiger partial charge in [-0.25, -0.2) is 0 Å². The molecule has 0 aromatic carbocycles. The largest absolute Gasteiger partial charge is 0.383 e. The summed E-state index contributed by atoms with van der Waals surface area (Å²) in [6.45, 7) is 0. The summed E-state index contributed by atoms with van der Waals surface area (Å²) in [5.74, 6) is 1.02. The number of hydrogen-bond donors (Lipinski definition) is 2. The molecule has 0 fully saturated rings. The lowest BCUT2D eigenvalue weighted by molar-refractivity contribution is 0.946. The highest BCUT2D eigenvalue weighted by Crippen LogP contribution is 2.14. The summed E-state index contributed by atoms with van der Waals surface area (Å²) in [5.41, 5.74) is 6.13. The Balaban J connectivity index is 2.27. The van der Waals surface area contributed by atoms with Crippen LogP contribution in [-0.4, -0.2) is 24.6 Å². The van der Waals surface area contributed by atoms with Crippen LogP contribution in [0.5, 0.6) is 0 Å². The lowest BCUT2D eigenvalue weighted by Gasteiger charge is -1.94. The number of nitrogen functional groups attached to an aromatic ring is 1. The third-order valence-electron chi connectivity index (χ3n) is 2.29. The van der Waals surface area contributed by atoms with Crippen LogP contribution in [0.15, 0.2) is 35.4 Å². The van der Waals surface area contributed by atoms with Crippen molar-refractivity contribution in [3.05, 3.63) is 40.9 Å². The topological polar surface area (TPSA) is 102 Å². The Bertz CT molecular complexity index is 729. The van der Waals surface area contributed by atoms with Gasteiger partial charge in [-0.15, -0.1) is 5.10 Å². The summed E-state index contributed by atoms with van der Waals surface area (Å²) >= 11 is 0. The minimum atomic E-state index is -0.305. The maximum absolute atomic E-state index is 11.2. The quantitative estimate of drug-likeness (QED) is 0.613. The fourth-order valence-electron chi connectivity index (χ4n) is 1.53. The van der Waals surface area contributed by atoms with Gasteiger partial charge >= 0.3 is 0 Å². The predicted molar refractivity (Wildman–Crippen MR) is 61.3 cm³/mol. The summed E-state index contributed by atoms with van der Waals surface area (Å²) in [7, 11) is 0. The second-order valence-corrected chi connectivity index (χ2v) is 3.47. The highest BCUT2D eigenvalue weighted by Gasteiger charge is 2.08. The van der Waals surface area contributed by atoms with E-state index >= 15 is 0 Å². The third kappa shape index (κ3) is 1.53. The Morgan fingerprint density at radius 2 is 2.29 bits per heavy atom. The van der Waals surface area contributed by atoms with E-state index in [1.54, 1.807) is 18.5 Å². The van der Waals surface area contributed by atoms with Gasteiger partial charge in [-0.1, -0.05) is 0 Å². The molecular formula is C10H8N6O. The van der Waals surface area contributed by atoms with Gasteiger partial charge in [-0.3, -0.25) is 14.8 Å². The van der Waals surface area contributed by atoms with Crippen LogP contribution in [0, 0.1) is 0 Å². The number of pyridine rings is 1. The van der Waals surface area contributed by atoms with Crippen molar-refractivity contribution < 1.29 is 0 Å². The number of anilines is 1. The Morgan fingerprint density at radius 1 is 1.41 bits per heavy atom. The number of hydrogen-bond acceptors (Lipinski definition) is 5. The molecule has 3 aromatic rings. The molecule has 0 saturated carbocycles. The molecule has 3 N–H and O–H groups in total. The molecule has 0 unspecified atom stereocenters. The first-order valence-corrected chi connectivity index (χ1v) is 4.90. The van der Waals surface area contributed by atoms with Gasteiger partial charge in [0.25, 0.3) is 5.56 Å². The van der Waals surface area contributed by atoms with E-state index in [9.17, 15) is 4.79 Å². The van der Waals surface area contributed by atoms with Crippen LogP contribution >= 0.6 is 0 Å². The maximum atomic E-state index is 11.2. The molecule has 0 aliphatic heterocycles. The van der Waals surface area contributed by atoms with E-state index in [-0.39, 0.29) is 11.4 Å². The van der Waals surface area contributed by atoms with Crippen LogP contribution in [0.1, 0.15) is 0 Å². The molecule has 3 rings (SSSR count). The maximum Gasteiger partial charge on any atom is 0.254 e. The second kappa shape index (κ2) is 3.41. The summed E-state index contributed by atoms with van der Waals surface area (Å²) in [4.78, 5) is 21.9. The third-order valence-corrected chi connectivity index (χ3v) is 2.29. The molecule has 17 heavy (non-hydrogen) atoms. The molecule has 0 atom stereocenters. The fraction of sp³-hybridized carbons (Fsp3) is 0. The van der Waals surface area contributed by atoms with Gasteiger partial charge in [0.05, 0.1) is 0 Å². The van der Waals surface area contributed by atoms with Crippen molar-refractivity contribution >= 4 is 11.6 Å². The first kappa shape index (κ1) is 9.52. The van der Waals surface area contributed by atoms with Crippen LogP contribution in [0.25, 0.3) is 17.2 Å². The van der Waals surface area contributed by atoms with Crippen LogP contribution < -0.4 is 11.3 Å². The molecule has 3 heterocycles. The van der Waals surface area contributed by atoms with Gasteiger partial charge < -0.3 is 5.73 Å². The first-order valence-electron chi connectivity index (χ1n) is 4.90. The summed E-state index contributed by atoms with van der Waals surface area (Å²) in [6, 6.07) is 4.87. The van der Waals surface area contributed by atoms with E-state index in [1.807, 2.05) is 6.07 Å². The van der Waals surface area contributed by atoms with Crippen molar-refractivity contribution in [1.29, 1.82) is 0 Å². The van der Waals surface area contributed by atoms with Crippen LogP contribution in [-0.2, 0) is 0 Å². The van der Waals surface area contributed by atoms with Gasteiger partial charge in [-0.2, -0.15) is 9.50 Å². The lowest BCUT2D eigenvalue weighted by atomic mass is 10.3. The van der Waals surface area contributed by atoms with Gasteiger partial charge in [-0.05, 0) is 12.1 Å². The van der Waals surface area contributed by atoms with E-state index in [2.05, 4.69) is 20.1 Å². The second-order valence-electron chi connectivity index (χ2n) is 3.47. The molecule has 0 aliphatic carbocycles. The molecule has 0 radical (unpaired) electrons. The number of fused-ring (bicyclic) bond motifs is 1. The summed E-state index contributed by atoms with van der Waals surface area (Å²) in [5, 5.41) is 4.19. The predicted octanol–water partition coefficient (Wildman–Crippen LogP) is 0.0618. The number of aromatic nitrogens is 5. The molecule has 7 heteroatoms. The average Bonchev–Trinajstić information content (AvgIpc) is 2.74. The number of nitrogens with two attached hydrogens (primary N) is 1. The van der Waals surface area contributed by atoms with Crippen molar-refractivity contribution in [2.24, 2.45) is 0 Å². The number of nitrogens with zero attached hydrogens (tertiary/aromatic N) is 4. The van der Waals surface area contributed by atoms with E-state index in [4.69, 9.17) is 5.73 Å². The smallest absolute Gasteiger partial charge is 0.254 e. The standard InChI is InChI=1S/C10H8N6O/c11-7-4-8(17)13-10-14-9(15-16(7)10)6-2-1-3-12-5-6/h1-5H,11H2,(H,13,14,15,17). The zero-order chi connectivity index (χ0) is 11.8. The van der Waals surface area contributed by atoms with Gasteiger partial charge in [0.1, 0.15) is 5.82 Å². The molecule has 0 saturated heterocycles. The zero-order valence-corrected chi connectivity index (χ0v) is 8.66. The molecule has 84 valence electrons. The number of nitrogens with one attached hydrogen (secondary N) is 1. The van der Waals surface area contributed by atoms with Crippen molar-refractivity contribution in [3.8, 4) is 11.4 Å². The average molecular weight is 228 g/mol. The number of aromatic amines is 1. The molecular weight excluding hydrogens is 220 g/mol. The Hall–Kier alpha value is -2.70. The molecule has 3 aromatic heterocycles. The van der Waals surface area contributed by atoms with Crippen molar-refractivity contribution in [3.63, 3.8) is 0 Å². The van der Waals surface area contributed by atoms with Crippen molar-refractivity contribution in [2.75, 3.05) is 5.73 Å². The van der Waals surface area contributed by atoms with E-state index < -0.39 is 0 Å². The SMILES string of the molecule is Nc1cc(=O)[nH]c2nc(-c3cccnc3)nn12. The molecule has 0 aliphatic rings. The molecule has 0 spiro atoms. The molecule has 0 bridgehead atoms. The van der Waals surface area contributed by atoms with Crippen LogP contribution in [0.2, 0.25) is 0 Å². The Kier molecular flexibility index (Phi) is 1.91. The highest BCUT2D eigenvalue weighted by atomic mass is 16.1. The van der Waals surface area contributed by atoms with E-state index in [0.29, 0.717) is 11.6 Å².